The van der Waals surface area contributed by atoms with Gasteiger partial charge in [0.2, 0.25) is 11.9 Å². The van der Waals surface area contributed by atoms with E-state index in [2.05, 4.69) is 25.6 Å². The molecule has 0 aromatic carbocycles. The molecule has 1 aromatic heterocycles. The van der Waals surface area contributed by atoms with E-state index in [1.54, 1.807) is 0 Å². The van der Waals surface area contributed by atoms with Gasteiger partial charge in [-0.3, -0.25) is 0 Å². The topological polar surface area (TPSA) is 83.0 Å². The molecule has 2 unspecified atom stereocenters. The number of allylic oxidation sites excluding steroid dienone is 1. The standard InChI is InChI=1S/C16H23F4N5O/c1-4-11(16(18,19)20)22-15-24-13(23-14(25-15)21-8(2)3)9-6-5-7-10(26)12(9)17/h8,10-11,26H,4-7H2,1-3H3,(H2,21,22,23,24,25). The molecule has 0 bridgehead atoms. The van der Waals surface area contributed by atoms with Gasteiger partial charge in [0.05, 0.1) is 0 Å². The molecule has 0 saturated carbocycles. The van der Waals surface area contributed by atoms with E-state index in [0.29, 0.717) is 12.8 Å². The van der Waals surface area contributed by atoms with E-state index < -0.39 is 24.1 Å². The molecule has 1 heterocycles. The van der Waals surface area contributed by atoms with E-state index in [4.69, 9.17) is 0 Å². The Morgan fingerprint density at radius 2 is 1.77 bits per heavy atom. The summed E-state index contributed by atoms with van der Waals surface area (Å²) in [6.07, 6.45) is -4.82. The Bertz CT molecular complexity index is 663. The molecule has 3 N–H and O–H groups in total. The summed E-state index contributed by atoms with van der Waals surface area (Å²) in [5, 5.41) is 14.8. The van der Waals surface area contributed by atoms with Gasteiger partial charge in [0.1, 0.15) is 18.0 Å². The second-order valence-electron chi connectivity index (χ2n) is 6.49. The van der Waals surface area contributed by atoms with Crippen molar-refractivity contribution in [3.8, 4) is 0 Å². The first-order chi connectivity index (χ1) is 12.1. The van der Waals surface area contributed by atoms with Crippen molar-refractivity contribution in [1.82, 2.24) is 15.0 Å². The van der Waals surface area contributed by atoms with Crippen LogP contribution in [0.2, 0.25) is 0 Å². The van der Waals surface area contributed by atoms with Gasteiger partial charge in [0.25, 0.3) is 0 Å². The van der Waals surface area contributed by atoms with Crippen LogP contribution < -0.4 is 10.6 Å². The van der Waals surface area contributed by atoms with Crippen LogP contribution in [0.3, 0.4) is 0 Å². The molecule has 1 aromatic rings. The van der Waals surface area contributed by atoms with Gasteiger partial charge >= 0.3 is 6.18 Å². The van der Waals surface area contributed by atoms with Crippen molar-refractivity contribution in [3.63, 3.8) is 0 Å². The van der Waals surface area contributed by atoms with E-state index in [1.165, 1.54) is 6.92 Å². The van der Waals surface area contributed by atoms with Crippen LogP contribution in [0.15, 0.2) is 5.83 Å². The lowest BCUT2D eigenvalue weighted by Gasteiger charge is -2.22. The van der Waals surface area contributed by atoms with Crippen molar-refractivity contribution < 1.29 is 22.7 Å². The van der Waals surface area contributed by atoms with E-state index in [-0.39, 0.29) is 42.2 Å². The summed E-state index contributed by atoms with van der Waals surface area (Å²) in [4.78, 5) is 12.0. The van der Waals surface area contributed by atoms with E-state index in [1.807, 2.05) is 13.8 Å². The molecular weight excluding hydrogens is 354 g/mol. The van der Waals surface area contributed by atoms with Crippen molar-refractivity contribution in [2.24, 2.45) is 0 Å². The molecule has 146 valence electrons. The summed E-state index contributed by atoms with van der Waals surface area (Å²) in [7, 11) is 0. The minimum absolute atomic E-state index is 0.0462. The predicted octanol–water partition coefficient (Wildman–Crippen LogP) is 3.67. The Morgan fingerprint density at radius 3 is 2.31 bits per heavy atom. The minimum Gasteiger partial charge on any atom is -0.386 e. The lowest BCUT2D eigenvalue weighted by Crippen LogP contribution is -2.36. The molecule has 0 spiro atoms. The number of aliphatic hydroxyl groups excluding tert-OH is 1. The monoisotopic (exact) mass is 377 g/mol. The van der Waals surface area contributed by atoms with Gasteiger partial charge in [-0.1, -0.05) is 6.92 Å². The molecule has 0 amide bonds. The van der Waals surface area contributed by atoms with Crippen LogP contribution in [-0.4, -0.2) is 44.4 Å². The van der Waals surface area contributed by atoms with Crippen molar-refractivity contribution in [2.45, 2.75) is 70.8 Å². The average Bonchev–Trinajstić information content (AvgIpc) is 2.53. The lowest BCUT2D eigenvalue weighted by atomic mass is 9.96. The first-order valence-corrected chi connectivity index (χ1v) is 8.54. The van der Waals surface area contributed by atoms with Gasteiger partial charge in [-0.15, -0.1) is 0 Å². The Balaban J connectivity index is 2.44. The quantitative estimate of drug-likeness (QED) is 0.656. The molecule has 26 heavy (non-hydrogen) atoms. The minimum atomic E-state index is -4.47. The van der Waals surface area contributed by atoms with Crippen LogP contribution in [0.5, 0.6) is 0 Å². The molecule has 0 fully saturated rings. The van der Waals surface area contributed by atoms with Crippen molar-refractivity contribution in [3.05, 3.63) is 11.7 Å². The van der Waals surface area contributed by atoms with Gasteiger partial charge in [0, 0.05) is 11.6 Å². The first-order valence-electron chi connectivity index (χ1n) is 8.54. The van der Waals surface area contributed by atoms with Crippen LogP contribution in [-0.2, 0) is 0 Å². The van der Waals surface area contributed by atoms with Crippen LogP contribution >= 0.6 is 0 Å². The van der Waals surface area contributed by atoms with Gasteiger partial charge in [0.15, 0.2) is 5.82 Å². The van der Waals surface area contributed by atoms with Crippen LogP contribution in [0.4, 0.5) is 29.5 Å². The summed E-state index contributed by atoms with van der Waals surface area (Å²) in [6, 6.07) is -1.92. The number of alkyl halides is 3. The number of nitrogens with zero attached hydrogens (tertiary/aromatic N) is 3. The molecule has 1 aliphatic rings. The molecule has 10 heteroatoms. The zero-order valence-electron chi connectivity index (χ0n) is 14.9. The summed E-state index contributed by atoms with van der Waals surface area (Å²) >= 11 is 0. The number of hydrogen-bond donors (Lipinski definition) is 3. The second-order valence-corrected chi connectivity index (χ2v) is 6.49. The maximum atomic E-state index is 14.3. The molecular formula is C16H23F4N5O. The van der Waals surface area contributed by atoms with Gasteiger partial charge in [-0.05, 0) is 39.5 Å². The zero-order chi connectivity index (χ0) is 19.5. The summed E-state index contributed by atoms with van der Waals surface area (Å²) in [6.45, 7) is 5.01. The maximum absolute atomic E-state index is 14.3. The van der Waals surface area contributed by atoms with E-state index >= 15 is 0 Å². The summed E-state index contributed by atoms with van der Waals surface area (Å²) in [5.74, 6) is -1.06. The Kier molecular flexibility index (Phi) is 6.38. The third-order valence-electron chi connectivity index (χ3n) is 3.91. The maximum Gasteiger partial charge on any atom is 0.408 e. The molecule has 1 aliphatic carbocycles. The number of nitrogens with one attached hydrogen (secondary N) is 2. The van der Waals surface area contributed by atoms with Gasteiger partial charge < -0.3 is 15.7 Å². The van der Waals surface area contributed by atoms with Crippen molar-refractivity contribution >= 4 is 17.5 Å². The largest absolute Gasteiger partial charge is 0.408 e. The fourth-order valence-corrected chi connectivity index (χ4v) is 2.61. The zero-order valence-corrected chi connectivity index (χ0v) is 14.9. The van der Waals surface area contributed by atoms with E-state index in [0.717, 1.165) is 0 Å². The third kappa shape index (κ3) is 5.03. The fraction of sp³-hybridized carbons (Fsp3) is 0.688. The highest BCUT2D eigenvalue weighted by Crippen LogP contribution is 2.33. The Hall–Kier alpha value is -1.97. The highest BCUT2D eigenvalue weighted by Gasteiger charge is 2.39. The van der Waals surface area contributed by atoms with Gasteiger partial charge in [-0.2, -0.15) is 28.1 Å². The third-order valence-corrected chi connectivity index (χ3v) is 3.91. The normalized spacial score (nSPS) is 19.7. The number of aliphatic hydroxyl groups is 1. The lowest BCUT2D eigenvalue weighted by molar-refractivity contribution is -0.143. The van der Waals surface area contributed by atoms with Crippen LogP contribution in [0, 0.1) is 0 Å². The van der Waals surface area contributed by atoms with Crippen molar-refractivity contribution in [2.75, 3.05) is 10.6 Å². The second kappa shape index (κ2) is 8.15. The fourth-order valence-electron chi connectivity index (χ4n) is 2.61. The number of anilines is 2. The summed E-state index contributed by atoms with van der Waals surface area (Å²) in [5.41, 5.74) is 0.0982. The average molecular weight is 377 g/mol. The Morgan fingerprint density at radius 1 is 1.15 bits per heavy atom. The smallest absolute Gasteiger partial charge is 0.386 e. The molecule has 0 saturated heterocycles. The highest BCUT2D eigenvalue weighted by molar-refractivity contribution is 5.65. The van der Waals surface area contributed by atoms with E-state index in [9.17, 15) is 22.7 Å². The molecule has 6 nitrogen and oxygen atoms in total. The van der Waals surface area contributed by atoms with Crippen LogP contribution in [0.1, 0.15) is 52.3 Å². The molecule has 0 aliphatic heterocycles. The highest BCUT2D eigenvalue weighted by atomic mass is 19.4. The Labute approximate surface area is 149 Å². The predicted molar refractivity (Wildman–Crippen MR) is 90.2 cm³/mol. The molecule has 2 rings (SSSR count). The number of aromatic nitrogens is 3. The number of hydrogen-bond acceptors (Lipinski definition) is 6. The molecule has 2 atom stereocenters. The number of halogens is 4. The molecule has 0 radical (unpaired) electrons. The van der Waals surface area contributed by atoms with Crippen molar-refractivity contribution in [1.29, 1.82) is 0 Å². The SMILES string of the molecule is CCC(Nc1nc(NC(C)C)nc(C2=C(F)C(O)CCC2)n1)C(F)(F)F. The first kappa shape index (κ1) is 20.3. The van der Waals surface area contributed by atoms with Gasteiger partial charge in [-0.25, -0.2) is 4.39 Å². The number of rotatable bonds is 6. The van der Waals surface area contributed by atoms with Crippen LogP contribution in [0.25, 0.3) is 5.57 Å². The summed E-state index contributed by atoms with van der Waals surface area (Å²) < 4.78 is 53.4.